The number of amidine groups is 1. The molecule has 7 heteroatoms. The van der Waals surface area contributed by atoms with Gasteiger partial charge in [-0.25, -0.2) is 9.79 Å². The van der Waals surface area contributed by atoms with Crippen molar-refractivity contribution < 1.29 is 23.8 Å². The summed E-state index contributed by atoms with van der Waals surface area (Å²) >= 11 is 0. The van der Waals surface area contributed by atoms with Gasteiger partial charge in [-0.05, 0) is 51.2 Å². The van der Waals surface area contributed by atoms with Crippen molar-refractivity contribution in [2.24, 2.45) is 16.8 Å². The van der Waals surface area contributed by atoms with E-state index in [0.29, 0.717) is 32.3 Å². The minimum absolute atomic E-state index is 0.0785. The summed E-state index contributed by atoms with van der Waals surface area (Å²) in [5.41, 5.74) is 0. The van der Waals surface area contributed by atoms with Gasteiger partial charge in [0.2, 0.25) is 5.95 Å². The SMILES string of the molecule is C=C/C(=N\C(=C)F)N(CC1CCC(C(=O)OCC)CC1)C(=O)O. The number of esters is 1. The Kier molecular flexibility index (Phi) is 7.44. The number of carboxylic acid groups (broad SMARTS) is 1. The summed E-state index contributed by atoms with van der Waals surface area (Å²) in [5, 5.41) is 9.30. The van der Waals surface area contributed by atoms with Crippen molar-refractivity contribution in [3.63, 3.8) is 0 Å². The molecule has 1 aliphatic rings. The summed E-state index contributed by atoms with van der Waals surface area (Å²) < 4.78 is 17.9. The fourth-order valence-corrected chi connectivity index (χ4v) is 2.71. The van der Waals surface area contributed by atoms with Crippen LogP contribution in [0.5, 0.6) is 0 Å². The average molecular weight is 326 g/mol. The van der Waals surface area contributed by atoms with Gasteiger partial charge in [0.1, 0.15) is 5.84 Å². The maximum atomic E-state index is 12.9. The van der Waals surface area contributed by atoms with E-state index in [1.54, 1.807) is 6.92 Å². The zero-order valence-electron chi connectivity index (χ0n) is 13.3. The molecule has 23 heavy (non-hydrogen) atoms. The van der Waals surface area contributed by atoms with Crippen LogP contribution in [0.2, 0.25) is 0 Å². The lowest BCUT2D eigenvalue weighted by atomic mass is 9.82. The standard InChI is InChI=1S/C16H23FN2O4/c1-4-14(18-11(3)17)19(16(21)22)10-12-6-8-13(9-7-12)15(20)23-5-2/h4,12-13H,1,3,5-10H2,2H3,(H,21,22)/b18-14+. The van der Waals surface area contributed by atoms with Gasteiger partial charge in [0.15, 0.2) is 0 Å². The van der Waals surface area contributed by atoms with Crippen LogP contribution in [0.4, 0.5) is 9.18 Å². The number of hydrogen-bond acceptors (Lipinski definition) is 4. The first-order valence-electron chi connectivity index (χ1n) is 7.61. The predicted molar refractivity (Wildman–Crippen MR) is 84.7 cm³/mol. The molecule has 1 aliphatic carbocycles. The maximum Gasteiger partial charge on any atom is 0.413 e. The molecule has 0 aromatic heterocycles. The molecule has 0 radical (unpaired) electrons. The van der Waals surface area contributed by atoms with Crippen LogP contribution in [0, 0.1) is 11.8 Å². The number of rotatable bonds is 6. The Morgan fingerprint density at radius 3 is 2.43 bits per heavy atom. The lowest BCUT2D eigenvalue weighted by Gasteiger charge is -2.30. The average Bonchev–Trinajstić information content (AvgIpc) is 2.51. The first-order chi connectivity index (χ1) is 10.9. The maximum absolute atomic E-state index is 12.9. The first-order valence-corrected chi connectivity index (χ1v) is 7.61. The lowest BCUT2D eigenvalue weighted by molar-refractivity contribution is -0.149. The van der Waals surface area contributed by atoms with E-state index >= 15 is 0 Å². The van der Waals surface area contributed by atoms with Gasteiger partial charge in [-0.2, -0.15) is 4.39 Å². The zero-order chi connectivity index (χ0) is 17.4. The highest BCUT2D eigenvalue weighted by Gasteiger charge is 2.30. The second-order valence-corrected chi connectivity index (χ2v) is 5.41. The normalized spacial score (nSPS) is 21.4. The summed E-state index contributed by atoms with van der Waals surface area (Å²) in [4.78, 5) is 27.5. The van der Waals surface area contributed by atoms with E-state index in [9.17, 15) is 19.1 Å². The molecule has 0 aromatic carbocycles. The highest BCUT2D eigenvalue weighted by atomic mass is 19.1. The number of hydrogen-bond donors (Lipinski definition) is 1. The highest BCUT2D eigenvalue weighted by Crippen LogP contribution is 2.30. The minimum Gasteiger partial charge on any atom is -0.466 e. The van der Waals surface area contributed by atoms with Crippen molar-refractivity contribution in [1.82, 2.24) is 4.90 Å². The summed E-state index contributed by atoms with van der Waals surface area (Å²) in [6, 6.07) is 0. The van der Waals surface area contributed by atoms with Gasteiger partial charge >= 0.3 is 12.1 Å². The van der Waals surface area contributed by atoms with Crippen molar-refractivity contribution in [3.8, 4) is 0 Å². The number of ether oxygens (including phenoxy) is 1. The molecule has 6 nitrogen and oxygen atoms in total. The topological polar surface area (TPSA) is 79.2 Å². The number of carbonyl (C=O) groups excluding carboxylic acids is 1. The molecule has 1 saturated carbocycles. The van der Waals surface area contributed by atoms with E-state index in [1.807, 2.05) is 0 Å². The van der Waals surface area contributed by atoms with Crippen LogP contribution < -0.4 is 0 Å². The molecular formula is C16H23FN2O4. The molecule has 1 fully saturated rings. The molecule has 0 aromatic rings. The summed E-state index contributed by atoms with van der Waals surface area (Å²) in [5.74, 6) is -1.30. The van der Waals surface area contributed by atoms with Gasteiger partial charge in [-0.15, -0.1) is 0 Å². The molecule has 128 valence electrons. The number of carbonyl (C=O) groups is 2. The van der Waals surface area contributed by atoms with Gasteiger partial charge in [0, 0.05) is 6.54 Å². The third-order valence-electron chi connectivity index (χ3n) is 3.83. The van der Waals surface area contributed by atoms with E-state index in [4.69, 9.17) is 4.74 Å². The molecule has 1 rings (SSSR count). The molecule has 1 N–H and O–H groups in total. The van der Waals surface area contributed by atoms with Crippen LogP contribution in [0.3, 0.4) is 0 Å². The molecule has 0 atom stereocenters. The van der Waals surface area contributed by atoms with Crippen LogP contribution in [-0.2, 0) is 9.53 Å². The molecule has 0 unspecified atom stereocenters. The van der Waals surface area contributed by atoms with Crippen molar-refractivity contribution in [2.75, 3.05) is 13.2 Å². The van der Waals surface area contributed by atoms with E-state index in [-0.39, 0.29) is 30.2 Å². The second kappa shape index (κ2) is 9.07. The van der Waals surface area contributed by atoms with Crippen LogP contribution >= 0.6 is 0 Å². The number of aliphatic imine (C=N–C) groups is 1. The van der Waals surface area contributed by atoms with Gasteiger partial charge in [0.05, 0.1) is 12.5 Å². The number of amides is 1. The third kappa shape index (κ3) is 5.84. The Bertz CT molecular complexity index is 496. The van der Waals surface area contributed by atoms with Crippen molar-refractivity contribution in [1.29, 1.82) is 0 Å². The molecule has 1 amide bonds. The van der Waals surface area contributed by atoms with Gasteiger partial charge in [-0.1, -0.05) is 6.58 Å². The third-order valence-corrected chi connectivity index (χ3v) is 3.83. The van der Waals surface area contributed by atoms with Gasteiger partial charge in [0.25, 0.3) is 0 Å². The Balaban J connectivity index is 2.66. The van der Waals surface area contributed by atoms with Crippen LogP contribution in [0.15, 0.2) is 30.2 Å². The van der Waals surface area contributed by atoms with Crippen LogP contribution in [0.25, 0.3) is 0 Å². The van der Waals surface area contributed by atoms with Crippen molar-refractivity contribution >= 4 is 17.9 Å². The smallest absolute Gasteiger partial charge is 0.413 e. The molecule has 0 heterocycles. The van der Waals surface area contributed by atoms with E-state index in [2.05, 4.69) is 18.2 Å². The van der Waals surface area contributed by atoms with Gasteiger partial charge < -0.3 is 9.84 Å². The molecule has 0 bridgehead atoms. The Hall–Kier alpha value is -2.18. The summed E-state index contributed by atoms with van der Waals surface area (Å²) in [6.07, 6.45) is 2.68. The fourth-order valence-electron chi connectivity index (χ4n) is 2.71. The fraction of sp³-hybridized carbons (Fsp3) is 0.562. The molecule has 0 aliphatic heterocycles. The minimum atomic E-state index is -1.22. The van der Waals surface area contributed by atoms with E-state index in [0.717, 1.165) is 4.90 Å². The molecular weight excluding hydrogens is 303 g/mol. The summed E-state index contributed by atoms with van der Waals surface area (Å²) in [7, 11) is 0. The first kappa shape index (κ1) is 18.9. The Labute approximate surface area is 135 Å². The number of halogens is 1. The van der Waals surface area contributed by atoms with Crippen molar-refractivity contribution in [2.45, 2.75) is 32.6 Å². The lowest BCUT2D eigenvalue weighted by Crippen LogP contribution is -2.40. The second-order valence-electron chi connectivity index (χ2n) is 5.41. The van der Waals surface area contributed by atoms with E-state index in [1.165, 1.54) is 6.08 Å². The Morgan fingerprint density at radius 2 is 2.00 bits per heavy atom. The monoisotopic (exact) mass is 326 g/mol. The quantitative estimate of drug-likeness (QED) is 0.351. The van der Waals surface area contributed by atoms with Crippen LogP contribution in [0.1, 0.15) is 32.6 Å². The van der Waals surface area contributed by atoms with Gasteiger partial charge in [-0.3, -0.25) is 9.69 Å². The Morgan fingerprint density at radius 1 is 1.39 bits per heavy atom. The van der Waals surface area contributed by atoms with E-state index < -0.39 is 12.0 Å². The zero-order valence-corrected chi connectivity index (χ0v) is 13.3. The summed E-state index contributed by atoms with van der Waals surface area (Å²) in [6.45, 7) is 8.78. The molecule has 0 spiro atoms. The highest BCUT2D eigenvalue weighted by molar-refractivity contribution is 6.02. The largest absolute Gasteiger partial charge is 0.466 e. The van der Waals surface area contributed by atoms with Crippen molar-refractivity contribution in [3.05, 3.63) is 25.2 Å². The molecule has 0 saturated heterocycles. The number of nitrogens with zero attached hydrogens (tertiary/aromatic N) is 2. The predicted octanol–water partition coefficient (Wildman–Crippen LogP) is 3.36. The van der Waals surface area contributed by atoms with Crippen LogP contribution in [-0.4, -0.2) is 41.1 Å².